The van der Waals surface area contributed by atoms with Crippen LogP contribution in [0, 0.1) is 28.6 Å². The van der Waals surface area contributed by atoms with Crippen molar-refractivity contribution >= 4 is 0 Å². The van der Waals surface area contributed by atoms with E-state index in [0.29, 0.717) is 11.6 Å². The van der Waals surface area contributed by atoms with Gasteiger partial charge in [0.15, 0.2) is 0 Å². The number of rotatable bonds is 3. The van der Waals surface area contributed by atoms with Crippen LogP contribution < -0.4 is 5.32 Å². The maximum Gasteiger partial charge on any atom is 0.0991 e. The second-order valence-electron chi connectivity index (χ2n) is 5.17. The highest BCUT2D eigenvalue weighted by Crippen LogP contribution is 2.23. The lowest BCUT2D eigenvalue weighted by molar-refractivity contribution is 0.393. The Labute approximate surface area is 114 Å². The van der Waals surface area contributed by atoms with Gasteiger partial charge in [0.05, 0.1) is 23.6 Å². The van der Waals surface area contributed by atoms with E-state index in [4.69, 9.17) is 5.26 Å². The second kappa shape index (κ2) is 6.92. The number of nitriles is 2. The zero-order valence-corrected chi connectivity index (χ0v) is 11.1. The molecule has 19 heavy (non-hydrogen) atoms. The van der Waals surface area contributed by atoms with E-state index >= 15 is 0 Å². The summed E-state index contributed by atoms with van der Waals surface area (Å²) in [6.07, 6.45) is 5.69. The number of hydrogen-bond acceptors (Lipinski definition) is 3. The van der Waals surface area contributed by atoms with E-state index in [1.54, 1.807) is 0 Å². The zero-order chi connectivity index (χ0) is 13.5. The topological polar surface area (TPSA) is 59.6 Å². The first-order valence-electron chi connectivity index (χ1n) is 6.95. The smallest absolute Gasteiger partial charge is 0.0991 e. The van der Waals surface area contributed by atoms with Crippen LogP contribution in [0.15, 0.2) is 24.3 Å². The van der Waals surface area contributed by atoms with Crippen molar-refractivity contribution in [2.75, 3.05) is 0 Å². The molecule has 0 saturated heterocycles. The number of nitrogens with zero attached hydrogens (tertiary/aromatic N) is 2. The zero-order valence-electron chi connectivity index (χ0n) is 11.1. The fraction of sp³-hybridized carbons (Fsp3) is 0.500. The standard InChI is InChI=1S/C16H19N3/c17-10-13-5-4-6-14(9-13)12-19-16-8-3-1-2-7-15(16)11-18/h4-6,9,15-16,19H,1-3,7-8,12H2. The molecule has 1 N–H and O–H groups in total. The Morgan fingerprint density at radius 3 is 2.79 bits per heavy atom. The van der Waals surface area contributed by atoms with Crippen LogP contribution in [0.3, 0.4) is 0 Å². The maximum absolute atomic E-state index is 9.23. The average molecular weight is 253 g/mol. The second-order valence-corrected chi connectivity index (χ2v) is 5.17. The molecule has 0 heterocycles. The summed E-state index contributed by atoms with van der Waals surface area (Å²) in [7, 11) is 0. The molecule has 2 atom stereocenters. The summed E-state index contributed by atoms with van der Waals surface area (Å²) in [5, 5.41) is 21.6. The van der Waals surface area contributed by atoms with Crippen LogP contribution in [-0.2, 0) is 6.54 Å². The summed E-state index contributed by atoms with van der Waals surface area (Å²) in [6.45, 7) is 0.734. The van der Waals surface area contributed by atoms with Crippen LogP contribution in [0.1, 0.15) is 43.2 Å². The van der Waals surface area contributed by atoms with Gasteiger partial charge in [-0.1, -0.05) is 31.4 Å². The normalized spacial score (nSPS) is 23.1. The van der Waals surface area contributed by atoms with Gasteiger partial charge in [0, 0.05) is 12.6 Å². The molecule has 0 aromatic heterocycles. The van der Waals surface area contributed by atoms with Gasteiger partial charge in [-0.3, -0.25) is 0 Å². The Morgan fingerprint density at radius 1 is 1.16 bits per heavy atom. The molecule has 3 heteroatoms. The van der Waals surface area contributed by atoms with Crippen molar-refractivity contribution in [3.63, 3.8) is 0 Å². The van der Waals surface area contributed by atoms with E-state index in [0.717, 1.165) is 24.9 Å². The first kappa shape index (κ1) is 13.6. The van der Waals surface area contributed by atoms with E-state index in [1.807, 2.05) is 24.3 Å². The molecule has 0 amide bonds. The number of hydrogen-bond donors (Lipinski definition) is 1. The van der Waals surface area contributed by atoms with Crippen LogP contribution >= 0.6 is 0 Å². The van der Waals surface area contributed by atoms with Gasteiger partial charge >= 0.3 is 0 Å². The van der Waals surface area contributed by atoms with E-state index in [9.17, 15) is 5.26 Å². The molecule has 2 rings (SSSR count). The van der Waals surface area contributed by atoms with Gasteiger partial charge in [-0.05, 0) is 30.5 Å². The van der Waals surface area contributed by atoms with E-state index < -0.39 is 0 Å². The van der Waals surface area contributed by atoms with Crippen molar-refractivity contribution in [2.24, 2.45) is 5.92 Å². The minimum Gasteiger partial charge on any atom is -0.309 e. The average Bonchev–Trinajstić information content (AvgIpc) is 2.70. The highest BCUT2D eigenvalue weighted by atomic mass is 14.9. The third-order valence-corrected chi connectivity index (χ3v) is 3.81. The molecule has 1 aromatic rings. The molecule has 1 aliphatic carbocycles. The molecule has 3 nitrogen and oxygen atoms in total. The van der Waals surface area contributed by atoms with Crippen molar-refractivity contribution in [2.45, 2.75) is 44.7 Å². The van der Waals surface area contributed by atoms with Gasteiger partial charge < -0.3 is 5.32 Å². The van der Waals surface area contributed by atoms with Crippen LogP contribution in [-0.4, -0.2) is 6.04 Å². The molecule has 2 unspecified atom stereocenters. The van der Waals surface area contributed by atoms with Crippen molar-refractivity contribution in [3.8, 4) is 12.1 Å². The Balaban J connectivity index is 1.96. The summed E-state index contributed by atoms with van der Waals surface area (Å²) in [6, 6.07) is 12.5. The van der Waals surface area contributed by atoms with Crippen LogP contribution in [0.25, 0.3) is 0 Å². The van der Waals surface area contributed by atoms with Crippen molar-refractivity contribution < 1.29 is 0 Å². The minimum absolute atomic E-state index is 0.127. The van der Waals surface area contributed by atoms with E-state index in [-0.39, 0.29) is 5.92 Å². The molecule has 98 valence electrons. The van der Waals surface area contributed by atoms with Crippen LogP contribution in [0.5, 0.6) is 0 Å². The first-order valence-corrected chi connectivity index (χ1v) is 6.95. The highest BCUT2D eigenvalue weighted by molar-refractivity contribution is 5.32. The lowest BCUT2D eigenvalue weighted by atomic mass is 9.96. The predicted molar refractivity (Wildman–Crippen MR) is 74.0 cm³/mol. The van der Waals surface area contributed by atoms with Crippen LogP contribution in [0.2, 0.25) is 0 Å². The van der Waals surface area contributed by atoms with Gasteiger partial charge in [0.2, 0.25) is 0 Å². The predicted octanol–water partition coefficient (Wildman–Crippen LogP) is 3.12. The van der Waals surface area contributed by atoms with Gasteiger partial charge in [0.25, 0.3) is 0 Å². The Bertz CT molecular complexity index is 495. The molecule has 1 fully saturated rings. The maximum atomic E-state index is 9.23. The third kappa shape index (κ3) is 3.81. The van der Waals surface area contributed by atoms with Gasteiger partial charge in [-0.15, -0.1) is 0 Å². The van der Waals surface area contributed by atoms with Crippen molar-refractivity contribution in [1.82, 2.24) is 5.32 Å². The fourth-order valence-electron chi connectivity index (χ4n) is 2.71. The number of nitrogens with one attached hydrogen (secondary N) is 1. The molecular formula is C16H19N3. The van der Waals surface area contributed by atoms with Gasteiger partial charge in [-0.2, -0.15) is 10.5 Å². The van der Waals surface area contributed by atoms with Gasteiger partial charge in [0.1, 0.15) is 0 Å². The largest absolute Gasteiger partial charge is 0.309 e. The summed E-state index contributed by atoms with van der Waals surface area (Å²) in [4.78, 5) is 0. The van der Waals surface area contributed by atoms with E-state index in [1.165, 1.54) is 19.3 Å². The molecular weight excluding hydrogens is 234 g/mol. The van der Waals surface area contributed by atoms with Crippen molar-refractivity contribution in [3.05, 3.63) is 35.4 Å². The van der Waals surface area contributed by atoms with Crippen LogP contribution in [0.4, 0.5) is 0 Å². The Morgan fingerprint density at radius 2 is 2.00 bits per heavy atom. The molecule has 1 aromatic carbocycles. The molecule has 1 aliphatic rings. The summed E-state index contributed by atoms with van der Waals surface area (Å²) >= 11 is 0. The monoisotopic (exact) mass is 253 g/mol. The fourth-order valence-corrected chi connectivity index (χ4v) is 2.71. The summed E-state index contributed by atoms with van der Waals surface area (Å²) in [5.41, 5.74) is 1.80. The van der Waals surface area contributed by atoms with E-state index in [2.05, 4.69) is 17.5 Å². The lowest BCUT2D eigenvalue weighted by Gasteiger charge is -2.21. The quantitative estimate of drug-likeness (QED) is 0.842. The molecule has 0 radical (unpaired) electrons. The Hall–Kier alpha value is -1.84. The summed E-state index contributed by atoms with van der Waals surface area (Å²) in [5.74, 6) is 0.127. The minimum atomic E-state index is 0.127. The summed E-state index contributed by atoms with van der Waals surface area (Å²) < 4.78 is 0. The molecule has 0 spiro atoms. The first-order chi connectivity index (χ1) is 9.33. The third-order valence-electron chi connectivity index (χ3n) is 3.81. The molecule has 1 saturated carbocycles. The number of benzene rings is 1. The Kier molecular flexibility index (Phi) is 4.95. The molecule has 0 aliphatic heterocycles. The SMILES string of the molecule is N#Cc1cccc(CNC2CCCCCC2C#N)c1. The van der Waals surface area contributed by atoms with Gasteiger partial charge in [-0.25, -0.2) is 0 Å². The molecule has 0 bridgehead atoms. The van der Waals surface area contributed by atoms with Crippen molar-refractivity contribution in [1.29, 1.82) is 10.5 Å². The lowest BCUT2D eigenvalue weighted by Crippen LogP contribution is -2.34. The highest BCUT2D eigenvalue weighted by Gasteiger charge is 2.22.